The summed E-state index contributed by atoms with van der Waals surface area (Å²) in [5.41, 5.74) is 1.86. The van der Waals surface area contributed by atoms with Crippen molar-refractivity contribution in [3.8, 4) is 5.75 Å². The Kier molecular flexibility index (Phi) is 6.41. The zero-order valence-corrected chi connectivity index (χ0v) is 14.5. The van der Waals surface area contributed by atoms with Gasteiger partial charge in [0, 0.05) is 17.0 Å². The fourth-order valence-electron chi connectivity index (χ4n) is 2.53. The van der Waals surface area contributed by atoms with Crippen molar-refractivity contribution >= 4 is 16.9 Å². The van der Waals surface area contributed by atoms with Crippen molar-refractivity contribution in [1.29, 1.82) is 0 Å². The van der Waals surface area contributed by atoms with Crippen LogP contribution >= 0.6 is 0 Å². The van der Waals surface area contributed by atoms with Crippen molar-refractivity contribution in [1.82, 2.24) is 0 Å². The first-order valence-corrected chi connectivity index (χ1v) is 8.41. The fourth-order valence-corrected chi connectivity index (χ4v) is 2.53. The average molecular weight is 332 g/mol. The van der Waals surface area contributed by atoms with Crippen LogP contribution in [0, 0.1) is 6.92 Å². The van der Waals surface area contributed by atoms with E-state index < -0.39 is 5.97 Å². The lowest BCUT2D eigenvalue weighted by Gasteiger charge is -2.12. The number of carbonyl (C=O) groups is 1. The molecule has 0 unspecified atom stereocenters. The lowest BCUT2D eigenvalue weighted by atomic mass is 10.0. The second-order valence-electron chi connectivity index (χ2n) is 5.77. The molecule has 5 heteroatoms. The summed E-state index contributed by atoms with van der Waals surface area (Å²) in [6, 6.07) is 5.24. The minimum Gasteiger partial charge on any atom is -0.481 e. The number of hydrogen-bond donors (Lipinski definition) is 0. The molecule has 1 aromatic carbocycles. The Labute approximate surface area is 141 Å². The zero-order chi connectivity index (χ0) is 17.5. The van der Waals surface area contributed by atoms with Gasteiger partial charge in [-0.3, -0.25) is 0 Å². The first-order chi connectivity index (χ1) is 11.6. The van der Waals surface area contributed by atoms with Crippen LogP contribution in [-0.4, -0.2) is 19.2 Å². The highest BCUT2D eigenvalue weighted by Crippen LogP contribution is 2.29. The minimum absolute atomic E-state index is 0.161. The number of aryl methyl sites for hydroxylation is 2. The average Bonchev–Trinajstić information content (AvgIpc) is 2.57. The second-order valence-corrected chi connectivity index (χ2v) is 5.77. The maximum Gasteiger partial charge on any atom is 0.344 e. The number of carbonyl (C=O) groups excluding carboxylic acids is 1. The van der Waals surface area contributed by atoms with Gasteiger partial charge in [-0.2, -0.15) is 0 Å². The van der Waals surface area contributed by atoms with E-state index in [0.717, 1.165) is 36.6 Å². The normalized spacial score (nSPS) is 10.8. The monoisotopic (exact) mass is 332 g/mol. The molecule has 24 heavy (non-hydrogen) atoms. The quantitative estimate of drug-likeness (QED) is 0.544. The van der Waals surface area contributed by atoms with E-state index in [0.29, 0.717) is 23.5 Å². The van der Waals surface area contributed by atoms with Crippen LogP contribution in [0.25, 0.3) is 11.0 Å². The van der Waals surface area contributed by atoms with E-state index in [-0.39, 0.29) is 12.2 Å². The SMILES string of the molecule is CCCCc1cc(=O)oc2c(C)c(OCC(=O)OCCC)ccc12. The van der Waals surface area contributed by atoms with Gasteiger partial charge < -0.3 is 13.9 Å². The highest BCUT2D eigenvalue weighted by atomic mass is 16.6. The summed E-state index contributed by atoms with van der Waals surface area (Å²) >= 11 is 0. The number of unbranched alkanes of at least 4 members (excludes halogenated alkanes) is 1. The van der Waals surface area contributed by atoms with Gasteiger partial charge in [0.1, 0.15) is 11.3 Å². The van der Waals surface area contributed by atoms with Crippen molar-refractivity contribution in [2.75, 3.05) is 13.2 Å². The number of fused-ring (bicyclic) bond motifs is 1. The molecule has 0 fully saturated rings. The fraction of sp³-hybridized carbons (Fsp3) is 0.474. The van der Waals surface area contributed by atoms with Crippen molar-refractivity contribution < 1.29 is 18.7 Å². The molecular weight excluding hydrogens is 308 g/mol. The zero-order valence-electron chi connectivity index (χ0n) is 14.5. The third-order valence-electron chi connectivity index (χ3n) is 3.81. The van der Waals surface area contributed by atoms with Gasteiger partial charge in [-0.1, -0.05) is 20.3 Å². The number of hydrogen-bond acceptors (Lipinski definition) is 5. The molecule has 0 aliphatic carbocycles. The maximum absolute atomic E-state index is 11.8. The van der Waals surface area contributed by atoms with Crippen molar-refractivity contribution in [3.63, 3.8) is 0 Å². The number of benzene rings is 1. The smallest absolute Gasteiger partial charge is 0.344 e. The van der Waals surface area contributed by atoms with Gasteiger partial charge in [-0.25, -0.2) is 9.59 Å². The van der Waals surface area contributed by atoms with Gasteiger partial charge in [0.15, 0.2) is 6.61 Å². The molecular formula is C19H24O5. The molecule has 130 valence electrons. The largest absolute Gasteiger partial charge is 0.481 e. The van der Waals surface area contributed by atoms with Crippen molar-refractivity contribution in [2.45, 2.75) is 46.5 Å². The van der Waals surface area contributed by atoms with E-state index >= 15 is 0 Å². The van der Waals surface area contributed by atoms with Gasteiger partial charge in [-0.05, 0) is 43.9 Å². The van der Waals surface area contributed by atoms with Crippen LogP contribution in [0.3, 0.4) is 0 Å². The van der Waals surface area contributed by atoms with E-state index in [1.54, 1.807) is 12.1 Å². The summed E-state index contributed by atoms with van der Waals surface area (Å²) in [5, 5.41) is 0.918. The maximum atomic E-state index is 11.8. The van der Waals surface area contributed by atoms with Crippen LogP contribution in [0.1, 0.15) is 44.2 Å². The molecule has 0 radical (unpaired) electrons. The number of rotatable bonds is 8. The lowest BCUT2D eigenvalue weighted by Crippen LogP contribution is -2.15. The summed E-state index contributed by atoms with van der Waals surface area (Å²) in [6.07, 6.45) is 3.68. The second kappa shape index (κ2) is 8.52. The van der Waals surface area contributed by atoms with E-state index in [9.17, 15) is 9.59 Å². The van der Waals surface area contributed by atoms with Crippen LogP contribution in [0.15, 0.2) is 27.4 Å². The standard InChI is InChI=1S/C19H24O5/c1-4-6-7-14-11-17(20)24-19-13(3)16(9-8-15(14)19)23-12-18(21)22-10-5-2/h8-9,11H,4-7,10,12H2,1-3H3. The number of ether oxygens (including phenoxy) is 2. The summed E-state index contributed by atoms with van der Waals surface area (Å²) in [7, 11) is 0. The molecule has 0 saturated carbocycles. The van der Waals surface area contributed by atoms with Crippen molar-refractivity contribution in [3.05, 3.63) is 39.7 Å². The van der Waals surface area contributed by atoms with Crippen LogP contribution in [-0.2, 0) is 16.0 Å². The third-order valence-corrected chi connectivity index (χ3v) is 3.81. The molecule has 0 bridgehead atoms. The molecule has 0 N–H and O–H groups in total. The molecule has 0 aliphatic rings. The van der Waals surface area contributed by atoms with Crippen molar-refractivity contribution in [2.24, 2.45) is 0 Å². The van der Waals surface area contributed by atoms with Gasteiger partial charge in [0.2, 0.25) is 0 Å². The van der Waals surface area contributed by atoms with Crippen LogP contribution in [0.5, 0.6) is 5.75 Å². The van der Waals surface area contributed by atoms with Gasteiger partial charge in [0.25, 0.3) is 0 Å². The topological polar surface area (TPSA) is 65.7 Å². The van der Waals surface area contributed by atoms with Gasteiger partial charge >= 0.3 is 11.6 Å². The molecule has 2 rings (SSSR count). The minimum atomic E-state index is -0.408. The summed E-state index contributed by atoms with van der Waals surface area (Å²) in [5.74, 6) is 0.112. The molecule has 2 aromatic rings. The predicted molar refractivity (Wildman–Crippen MR) is 92.6 cm³/mol. The number of esters is 1. The Hall–Kier alpha value is -2.30. The Balaban J connectivity index is 2.26. The summed E-state index contributed by atoms with van der Waals surface area (Å²) in [4.78, 5) is 23.4. The molecule has 0 aliphatic heterocycles. The lowest BCUT2D eigenvalue weighted by molar-refractivity contribution is -0.146. The summed E-state index contributed by atoms with van der Waals surface area (Å²) < 4.78 is 15.9. The molecule has 1 aromatic heterocycles. The molecule has 1 heterocycles. The highest BCUT2D eigenvalue weighted by molar-refractivity contribution is 5.85. The molecule has 5 nitrogen and oxygen atoms in total. The molecule has 0 atom stereocenters. The Bertz CT molecular complexity index is 760. The predicted octanol–water partition coefficient (Wildman–Crippen LogP) is 3.78. The Morgan fingerprint density at radius 3 is 2.71 bits per heavy atom. The van der Waals surface area contributed by atoms with E-state index in [4.69, 9.17) is 13.9 Å². The first-order valence-electron chi connectivity index (χ1n) is 8.41. The van der Waals surface area contributed by atoms with Crippen LogP contribution in [0.2, 0.25) is 0 Å². The summed E-state index contributed by atoms with van der Waals surface area (Å²) in [6.45, 7) is 6.09. The van der Waals surface area contributed by atoms with Crippen LogP contribution in [0.4, 0.5) is 0 Å². The van der Waals surface area contributed by atoms with Gasteiger partial charge in [0.05, 0.1) is 6.61 Å². The molecule has 0 spiro atoms. The van der Waals surface area contributed by atoms with E-state index in [2.05, 4.69) is 6.92 Å². The van der Waals surface area contributed by atoms with E-state index in [1.807, 2.05) is 19.9 Å². The van der Waals surface area contributed by atoms with Crippen LogP contribution < -0.4 is 10.4 Å². The van der Waals surface area contributed by atoms with E-state index in [1.165, 1.54) is 0 Å². The highest BCUT2D eigenvalue weighted by Gasteiger charge is 2.13. The Morgan fingerprint density at radius 1 is 1.21 bits per heavy atom. The molecule has 0 saturated heterocycles. The molecule has 0 amide bonds. The third kappa shape index (κ3) is 4.37. The Morgan fingerprint density at radius 2 is 2.00 bits per heavy atom. The first kappa shape index (κ1) is 18.0. The van der Waals surface area contributed by atoms with Gasteiger partial charge in [-0.15, -0.1) is 0 Å².